The van der Waals surface area contributed by atoms with E-state index in [2.05, 4.69) is 9.97 Å². The molecule has 0 aliphatic heterocycles. The highest BCUT2D eigenvalue weighted by Gasteiger charge is 2.21. The van der Waals surface area contributed by atoms with Crippen LogP contribution in [0.25, 0.3) is 21.2 Å². The van der Waals surface area contributed by atoms with Crippen LogP contribution in [0.1, 0.15) is 28.8 Å². The van der Waals surface area contributed by atoms with E-state index in [0.29, 0.717) is 17.2 Å². The van der Waals surface area contributed by atoms with Crippen molar-refractivity contribution in [3.8, 4) is 11.6 Å². The highest BCUT2D eigenvalue weighted by Crippen LogP contribution is 2.39. The predicted octanol–water partition coefficient (Wildman–Crippen LogP) is 4.26. The van der Waals surface area contributed by atoms with Gasteiger partial charge in [0.25, 0.3) is 0 Å². The fourth-order valence-electron chi connectivity index (χ4n) is 3.77. The lowest BCUT2D eigenvalue weighted by Crippen LogP contribution is -2.05. The van der Waals surface area contributed by atoms with Gasteiger partial charge in [0, 0.05) is 28.0 Å². The molecular weight excluding hydrogens is 376 g/mol. The van der Waals surface area contributed by atoms with Gasteiger partial charge in [-0.05, 0) is 43.4 Å². The Kier molecular flexibility index (Phi) is 4.24. The van der Waals surface area contributed by atoms with Crippen LogP contribution in [0.2, 0.25) is 0 Å². The number of aryl methyl sites for hydroxylation is 2. The van der Waals surface area contributed by atoms with Crippen LogP contribution in [0, 0.1) is 0 Å². The minimum absolute atomic E-state index is 0.227. The average molecular weight is 394 g/mol. The number of ether oxygens (including phenoxy) is 2. The molecule has 3 heterocycles. The topological polar surface area (TPSA) is 74.5 Å². The molecule has 0 bridgehead atoms. The molecule has 0 spiro atoms. The van der Waals surface area contributed by atoms with Crippen molar-refractivity contribution in [3.05, 3.63) is 57.0 Å². The molecule has 0 N–H and O–H groups in total. The first-order valence-corrected chi connectivity index (χ1v) is 10.0. The standard InChI is InChI=1S/C21H18N2O4S/c1-25-13-6-7-14-12(8-18(24)27-16(14)9-13)10-26-20-19-15-4-2-3-5-17(15)28-21(19)23-11-22-20/h6-9,11H,2-5,10H2,1H3. The predicted molar refractivity (Wildman–Crippen MR) is 107 cm³/mol. The van der Waals surface area contributed by atoms with Crippen LogP contribution in [0.15, 0.2) is 39.8 Å². The van der Waals surface area contributed by atoms with Gasteiger partial charge in [0.15, 0.2) is 0 Å². The fraction of sp³-hybridized carbons (Fsp3) is 0.286. The van der Waals surface area contributed by atoms with Gasteiger partial charge in [0.05, 0.1) is 12.5 Å². The third-order valence-corrected chi connectivity index (χ3v) is 6.32. The molecule has 1 aromatic carbocycles. The summed E-state index contributed by atoms with van der Waals surface area (Å²) in [5.74, 6) is 1.22. The van der Waals surface area contributed by atoms with E-state index in [-0.39, 0.29) is 6.61 Å². The molecule has 0 unspecified atom stereocenters. The zero-order valence-corrected chi connectivity index (χ0v) is 16.2. The Morgan fingerprint density at radius 3 is 2.96 bits per heavy atom. The van der Waals surface area contributed by atoms with E-state index in [1.807, 2.05) is 12.1 Å². The lowest BCUT2D eigenvalue weighted by atomic mass is 9.97. The minimum Gasteiger partial charge on any atom is -0.497 e. The average Bonchev–Trinajstić information content (AvgIpc) is 3.10. The molecule has 7 heteroatoms. The molecule has 3 aromatic heterocycles. The lowest BCUT2D eigenvalue weighted by molar-refractivity contribution is 0.298. The summed E-state index contributed by atoms with van der Waals surface area (Å²) in [7, 11) is 1.58. The van der Waals surface area contributed by atoms with E-state index in [0.717, 1.165) is 34.0 Å². The number of benzene rings is 1. The number of hydrogen-bond donors (Lipinski definition) is 0. The molecule has 0 radical (unpaired) electrons. The summed E-state index contributed by atoms with van der Waals surface area (Å²) >= 11 is 1.73. The summed E-state index contributed by atoms with van der Waals surface area (Å²) in [6.07, 6.45) is 6.08. The summed E-state index contributed by atoms with van der Waals surface area (Å²) in [6, 6.07) is 6.89. The van der Waals surface area contributed by atoms with Crippen molar-refractivity contribution in [2.24, 2.45) is 0 Å². The van der Waals surface area contributed by atoms with Gasteiger partial charge in [-0.1, -0.05) is 0 Å². The van der Waals surface area contributed by atoms with E-state index in [1.165, 1.54) is 29.3 Å². The molecule has 1 aliphatic carbocycles. The van der Waals surface area contributed by atoms with Gasteiger partial charge in [-0.15, -0.1) is 11.3 Å². The maximum absolute atomic E-state index is 12.0. The van der Waals surface area contributed by atoms with Gasteiger partial charge in [0.2, 0.25) is 5.88 Å². The van der Waals surface area contributed by atoms with Crippen molar-refractivity contribution in [2.45, 2.75) is 32.3 Å². The number of aromatic nitrogens is 2. The molecule has 0 amide bonds. The molecule has 5 rings (SSSR count). The smallest absolute Gasteiger partial charge is 0.336 e. The Morgan fingerprint density at radius 2 is 2.07 bits per heavy atom. The van der Waals surface area contributed by atoms with Gasteiger partial charge in [0.1, 0.15) is 29.1 Å². The van der Waals surface area contributed by atoms with Gasteiger partial charge in [-0.3, -0.25) is 0 Å². The first kappa shape index (κ1) is 17.2. The Morgan fingerprint density at radius 1 is 1.18 bits per heavy atom. The Hall–Kier alpha value is -2.93. The fourth-order valence-corrected chi connectivity index (χ4v) is 4.99. The van der Waals surface area contributed by atoms with Crippen LogP contribution in [0.4, 0.5) is 0 Å². The third kappa shape index (κ3) is 2.92. The minimum atomic E-state index is -0.417. The second kappa shape index (κ2) is 6.91. The van der Waals surface area contributed by atoms with Crippen molar-refractivity contribution in [1.82, 2.24) is 9.97 Å². The first-order chi connectivity index (χ1) is 13.7. The van der Waals surface area contributed by atoms with Gasteiger partial charge >= 0.3 is 5.63 Å². The molecule has 28 heavy (non-hydrogen) atoms. The van der Waals surface area contributed by atoms with Crippen molar-refractivity contribution in [1.29, 1.82) is 0 Å². The van der Waals surface area contributed by atoms with Gasteiger partial charge < -0.3 is 13.9 Å². The molecule has 142 valence electrons. The summed E-state index contributed by atoms with van der Waals surface area (Å²) in [5, 5.41) is 1.84. The highest BCUT2D eigenvalue weighted by molar-refractivity contribution is 7.18. The monoisotopic (exact) mass is 394 g/mol. The van der Waals surface area contributed by atoms with E-state index in [1.54, 1.807) is 30.8 Å². The Balaban J connectivity index is 1.53. The van der Waals surface area contributed by atoms with Crippen molar-refractivity contribution < 1.29 is 13.9 Å². The number of rotatable bonds is 4. The molecule has 0 atom stereocenters. The van der Waals surface area contributed by atoms with Crippen LogP contribution < -0.4 is 15.1 Å². The zero-order valence-electron chi connectivity index (χ0n) is 15.4. The van der Waals surface area contributed by atoms with E-state index in [4.69, 9.17) is 13.9 Å². The normalized spacial score (nSPS) is 13.6. The van der Waals surface area contributed by atoms with E-state index in [9.17, 15) is 4.79 Å². The summed E-state index contributed by atoms with van der Waals surface area (Å²) < 4.78 is 16.6. The Bertz CT molecular complexity index is 1240. The van der Waals surface area contributed by atoms with Crippen molar-refractivity contribution >= 4 is 32.5 Å². The molecule has 0 saturated carbocycles. The van der Waals surface area contributed by atoms with Crippen molar-refractivity contribution in [3.63, 3.8) is 0 Å². The summed E-state index contributed by atoms with van der Waals surface area (Å²) in [4.78, 5) is 23.2. The molecule has 4 aromatic rings. The quantitative estimate of drug-likeness (QED) is 0.482. The molecule has 6 nitrogen and oxygen atoms in total. The van der Waals surface area contributed by atoms with Gasteiger partial charge in [-0.2, -0.15) is 0 Å². The summed E-state index contributed by atoms with van der Waals surface area (Å²) in [6.45, 7) is 0.227. The zero-order chi connectivity index (χ0) is 19.1. The second-order valence-corrected chi connectivity index (χ2v) is 7.89. The molecule has 1 aliphatic rings. The number of thiophene rings is 1. The SMILES string of the molecule is COc1ccc2c(COc3ncnc4sc5c(c34)CCCC5)cc(=O)oc2c1. The number of nitrogens with zero attached hydrogens (tertiary/aromatic N) is 2. The van der Waals surface area contributed by atoms with Crippen LogP contribution in [0.3, 0.4) is 0 Å². The maximum Gasteiger partial charge on any atom is 0.336 e. The largest absolute Gasteiger partial charge is 0.497 e. The maximum atomic E-state index is 12.0. The van der Waals surface area contributed by atoms with Crippen LogP contribution in [-0.2, 0) is 19.4 Å². The Labute approximate surface area is 164 Å². The summed E-state index contributed by atoms with van der Waals surface area (Å²) in [5.41, 5.74) is 2.14. The number of methoxy groups -OCH3 is 1. The van der Waals surface area contributed by atoms with Crippen LogP contribution in [0.5, 0.6) is 11.6 Å². The van der Waals surface area contributed by atoms with Crippen LogP contribution >= 0.6 is 11.3 Å². The molecular formula is C21H18N2O4S. The first-order valence-electron chi connectivity index (χ1n) is 9.22. The lowest BCUT2D eigenvalue weighted by Gasteiger charge is -2.12. The number of hydrogen-bond acceptors (Lipinski definition) is 7. The van der Waals surface area contributed by atoms with E-state index >= 15 is 0 Å². The van der Waals surface area contributed by atoms with Crippen LogP contribution in [-0.4, -0.2) is 17.1 Å². The third-order valence-electron chi connectivity index (χ3n) is 5.12. The second-order valence-electron chi connectivity index (χ2n) is 6.81. The number of fused-ring (bicyclic) bond motifs is 4. The van der Waals surface area contributed by atoms with Crippen molar-refractivity contribution in [2.75, 3.05) is 7.11 Å². The highest BCUT2D eigenvalue weighted by atomic mass is 32.1. The molecule has 0 fully saturated rings. The van der Waals surface area contributed by atoms with Gasteiger partial charge in [-0.25, -0.2) is 14.8 Å². The van der Waals surface area contributed by atoms with E-state index < -0.39 is 5.63 Å². The molecule has 0 saturated heterocycles.